The molecule has 4 nitrogen and oxygen atoms in total. The molecule has 4 bridgehead atoms. The average molecular weight is 415 g/mol. The summed E-state index contributed by atoms with van der Waals surface area (Å²) in [6, 6.07) is 10.5. The van der Waals surface area contributed by atoms with Crippen molar-refractivity contribution in [1.82, 2.24) is 10.6 Å². The molecule has 4 aliphatic carbocycles. The van der Waals surface area contributed by atoms with E-state index in [0.717, 1.165) is 45.3 Å². The number of carbonyl (C=O) groups is 1. The molecule has 164 valence electrons. The maximum Gasteiger partial charge on any atom is 0.226 e. The zero-order chi connectivity index (χ0) is 20.8. The van der Waals surface area contributed by atoms with Gasteiger partial charge in [0.1, 0.15) is 6.17 Å². The third kappa shape index (κ3) is 3.38. The molecule has 0 spiro atoms. The van der Waals surface area contributed by atoms with Crippen LogP contribution in [-0.2, 0) is 14.9 Å². The Labute approximate surface area is 179 Å². The molecule has 4 saturated carbocycles. The third-order valence-corrected chi connectivity index (χ3v) is 8.39. The number of nitrogens with one attached hydrogen (secondary N) is 2. The maximum atomic E-state index is 14.5. The molecule has 6 atom stereocenters. The van der Waals surface area contributed by atoms with Gasteiger partial charge in [0.05, 0.1) is 18.1 Å². The molecule has 1 heterocycles. The molecule has 6 rings (SSSR count). The molecule has 5 fully saturated rings. The van der Waals surface area contributed by atoms with Crippen molar-refractivity contribution in [3.63, 3.8) is 0 Å². The monoisotopic (exact) mass is 414 g/mol. The second kappa shape index (κ2) is 7.59. The molecular weight excluding hydrogens is 379 g/mol. The van der Waals surface area contributed by atoms with Crippen LogP contribution in [-0.4, -0.2) is 44.4 Å². The zero-order valence-corrected chi connectivity index (χ0v) is 18.1. The summed E-state index contributed by atoms with van der Waals surface area (Å²) in [6.07, 6.45) is 5.82. The minimum absolute atomic E-state index is 0.0400. The van der Waals surface area contributed by atoms with Crippen molar-refractivity contribution in [3.05, 3.63) is 35.9 Å². The molecule has 0 radical (unpaired) electrons. The molecule has 1 aliphatic heterocycles. The van der Waals surface area contributed by atoms with E-state index in [1.165, 1.54) is 12.0 Å². The predicted molar refractivity (Wildman–Crippen MR) is 115 cm³/mol. The van der Waals surface area contributed by atoms with Gasteiger partial charge < -0.3 is 15.4 Å². The van der Waals surface area contributed by atoms with Gasteiger partial charge in [0, 0.05) is 13.2 Å². The van der Waals surface area contributed by atoms with Gasteiger partial charge in [-0.1, -0.05) is 30.3 Å². The van der Waals surface area contributed by atoms with Crippen molar-refractivity contribution in [3.8, 4) is 0 Å². The summed E-state index contributed by atoms with van der Waals surface area (Å²) >= 11 is 0. The van der Waals surface area contributed by atoms with Crippen LogP contribution in [0.1, 0.15) is 57.4 Å². The van der Waals surface area contributed by atoms with Gasteiger partial charge in [-0.15, -0.1) is 0 Å². The summed E-state index contributed by atoms with van der Waals surface area (Å²) in [7, 11) is 0. The molecule has 2 unspecified atom stereocenters. The Morgan fingerprint density at radius 3 is 2.80 bits per heavy atom. The first-order valence-electron chi connectivity index (χ1n) is 11.8. The molecule has 1 saturated heterocycles. The SMILES string of the molecule is CCOC[C@]12CC3CC(C(=O)N[C@@H]4CCNC[C@H]4F)(C1)C[C@@](c1ccccc1)(C3)C2. The largest absolute Gasteiger partial charge is 0.381 e. The number of benzene rings is 1. The van der Waals surface area contributed by atoms with Gasteiger partial charge in [-0.3, -0.25) is 4.79 Å². The highest BCUT2D eigenvalue weighted by molar-refractivity contribution is 5.84. The lowest BCUT2D eigenvalue weighted by Gasteiger charge is -2.66. The summed E-state index contributed by atoms with van der Waals surface area (Å²) < 4.78 is 20.5. The molecule has 1 aromatic rings. The summed E-state index contributed by atoms with van der Waals surface area (Å²) in [5, 5.41) is 6.26. The van der Waals surface area contributed by atoms with Gasteiger partial charge >= 0.3 is 0 Å². The van der Waals surface area contributed by atoms with Gasteiger partial charge in [0.25, 0.3) is 0 Å². The lowest BCUT2D eigenvalue weighted by Crippen LogP contribution is -2.65. The predicted octanol–water partition coefficient (Wildman–Crippen LogP) is 3.75. The van der Waals surface area contributed by atoms with Crippen LogP contribution in [0.5, 0.6) is 0 Å². The first-order chi connectivity index (χ1) is 14.5. The Hall–Kier alpha value is -1.46. The van der Waals surface area contributed by atoms with Crippen LogP contribution in [0.4, 0.5) is 4.39 Å². The normalized spacial score (nSPS) is 42.3. The molecule has 0 aromatic heterocycles. The van der Waals surface area contributed by atoms with Crippen LogP contribution in [0.25, 0.3) is 0 Å². The summed E-state index contributed by atoms with van der Waals surface area (Å²) in [4.78, 5) is 13.8. The number of halogens is 1. The molecule has 5 heteroatoms. The average Bonchev–Trinajstić information content (AvgIpc) is 2.74. The van der Waals surface area contributed by atoms with Crippen LogP contribution < -0.4 is 10.6 Å². The van der Waals surface area contributed by atoms with Crippen LogP contribution in [0.15, 0.2) is 30.3 Å². The van der Waals surface area contributed by atoms with Crippen LogP contribution in [0, 0.1) is 16.7 Å². The van der Waals surface area contributed by atoms with Gasteiger partial charge in [-0.05, 0) is 80.7 Å². The second-order valence-electron chi connectivity index (χ2n) is 10.7. The number of hydrogen-bond acceptors (Lipinski definition) is 3. The fraction of sp³-hybridized carbons (Fsp3) is 0.720. The Morgan fingerprint density at radius 1 is 1.20 bits per heavy atom. The van der Waals surface area contributed by atoms with E-state index in [0.29, 0.717) is 25.5 Å². The van der Waals surface area contributed by atoms with Crippen molar-refractivity contribution in [2.45, 2.75) is 69.5 Å². The van der Waals surface area contributed by atoms with Crippen molar-refractivity contribution < 1.29 is 13.9 Å². The highest BCUT2D eigenvalue weighted by atomic mass is 19.1. The fourth-order valence-corrected chi connectivity index (χ4v) is 7.79. The van der Waals surface area contributed by atoms with Crippen LogP contribution >= 0.6 is 0 Å². The number of carbonyl (C=O) groups excluding carboxylic acids is 1. The van der Waals surface area contributed by atoms with Gasteiger partial charge in [-0.25, -0.2) is 4.39 Å². The molecule has 1 amide bonds. The van der Waals surface area contributed by atoms with E-state index in [9.17, 15) is 9.18 Å². The van der Waals surface area contributed by atoms with E-state index in [-0.39, 0.29) is 22.8 Å². The molecule has 2 N–H and O–H groups in total. The summed E-state index contributed by atoms with van der Waals surface area (Å²) in [6.45, 7) is 4.60. The zero-order valence-electron chi connectivity index (χ0n) is 18.1. The fourth-order valence-electron chi connectivity index (χ4n) is 7.79. The Bertz CT molecular complexity index is 789. The minimum atomic E-state index is -1.00. The van der Waals surface area contributed by atoms with Crippen molar-refractivity contribution in [1.29, 1.82) is 0 Å². The van der Waals surface area contributed by atoms with E-state index in [2.05, 4.69) is 47.9 Å². The van der Waals surface area contributed by atoms with E-state index >= 15 is 0 Å². The van der Waals surface area contributed by atoms with Crippen molar-refractivity contribution in [2.24, 2.45) is 16.7 Å². The molecule has 1 aromatic carbocycles. The first-order valence-corrected chi connectivity index (χ1v) is 11.8. The third-order valence-electron chi connectivity index (χ3n) is 8.39. The van der Waals surface area contributed by atoms with E-state index < -0.39 is 11.6 Å². The second-order valence-corrected chi connectivity index (χ2v) is 10.7. The standard InChI is InChI=1S/C25H35FN2O2/c1-2-30-17-23-10-18-11-24(14-23,19-6-4-3-5-7-19)16-25(12-18,15-23)22(29)28-21-8-9-27-13-20(21)26/h3-7,18,20-21,27H,2,8-17H2,1H3,(H,28,29)/t18?,20-,21-,23+,24-,25?/m1/s1. The lowest BCUT2D eigenvalue weighted by molar-refractivity contribution is -0.173. The number of ether oxygens (including phenoxy) is 1. The van der Waals surface area contributed by atoms with Gasteiger partial charge in [0.2, 0.25) is 5.91 Å². The van der Waals surface area contributed by atoms with Crippen molar-refractivity contribution in [2.75, 3.05) is 26.3 Å². The Kier molecular flexibility index (Phi) is 5.18. The molecule has 30 heavy (non-hydrogen) atoms. The highest BCUT2D eigenvalue weighted by Crippen LogP contribution is 2.70. The minimum Gasteiger partial charge on any atom is -0.381 e. The number of hydrogen-bond donors (Lipinski definition) is 2. The van der Waals surface area contributed by atoms with E-state index in [4.69, 9.17) is 4.74 Å². The van der Waals surface area contributed by atoms with Gasteiger partial charge in [0.15, 0.2) is 0 Å². The number of alkyl halides is 1. The lowest BCUT2D eigenvalue weighted by atomic mass is 9.38. The van der Waals surface area contributed by atoms with Gasteiger partial charge in [-0.2, -0.15) is 0 Å². The number of amides is 1. The van der Waals surface area contributed by atoms with Crippen molar-refractivity contribution >= 4 is 5.91 Å². The highest BCUT2D eigenvalue weighted by Gasteiger charge is 2.66. The topological polar surface area (TPSA) is 50.4 Å². The number of rotatable bonds is 6. The first kappa shape index (κ1) is 20.4. The van der Waals surface area contributed by atoms with Crippen LogP contribution in [0.2, 0.25) is 0 Å². The summed E-state index contributed by atoms with van der Waals surface area (Å²) in [5.41, 5.74) is 1.08. The smallest absolute Gasteiger partial charge is 0.226 e. The number of piperidine rings is 1. The van der Waals surface area contributed by atoms with Crippen LogP contribution in [0.3, 0.4) is 0 Å². The maximum absolute atomic E-state index is 14.5. The summed E-state index contributed by atoms with van der Waals surface area (Å²) in [5.74, 6) is 0.643. The van der Waals surface area contributed by atoms with E-state index in [1.807, 2.05) is 0 Å². The Balaban J connectivity index is 1.48. The quantitative estimate of drug-likeness (QED) is 0.745. The molecule has 5 aliphatic rings. The van der Waals surface area contributed by atoms with E-state index in [1.54, 1.807) is 0 Å². The Morgan fingerprint density at radius 2 is 2.03 bits per heavy atom. The molecular formula is C25H35FN2O2.